The first-order valence-corrected chi connectivity index (χ1v) is 6.02. The van der Waals surface area contributed by atoms with Crippen LogP contribution in [0.3, 0.4) is 0 Å². The minimum absolute atomic E-state index is 0.255. The Morgan fingerprint density at radius 2 is 2.37 bits per heavy atom. The Bertz CT molecular complexity index is 674. The molecule has 98 valence electrons. The van der Waals surface area contributed by atoms with E-state index in [4.69, 9.17) is 21.9 Å². The van der Waals surface area contributed by atoms with E-state index in [0.29, 0.717) is 17.3 Å². The molecule has 0 aliphatic rings. The van der Waals surface area contributed by atoms with Crippen molar-refractivity contribution in [3.05, 3.63) is 51.1 Å². The molecule has 0 atom stereocenters. The fraction of sp³-hybridized carbons (Fsp3) is 0.250. The first-order chi connectivity index (χ1) is 9.17. The molecule has 2 aromatic rings. The summed E-state index contributed by atoms with van der Waals surface area (Å²) in [5, 5.41) is 3.80. The number of fused-ring (bicyclic) bond motifs is 1. The molecule has 0 spiro atoms. The molecule has 2 aromatic heterocycles. The summed E-state index contributed by atoms with van der Waals surface area (Å²) >= 11 is 6.12. The molecule has 0 bridgehead atoms. The second kappa shape index (κ2) is 5.65. The van der Waals surface area contributed by atoms with Crippen molar-refractivity contribution < 1.29 is 9.53 Å². The van der Waals surface area contributed by atoms with Gasteiger partial charge in [-0.2, -0.15) is 0 Å². The largest absolute Gasteiger partial charge is 0.462 e. The molecule has 0 N–H and O–H groups in total. The summed E-state index contributed by atoms with van der Waals surface area (Å²) in [6, 6.07) is 5.24. The highest BCUT2D eigenvalue weighted by Crippen LogP contribution is 2.23. The van der Waals surface area contributed by atoms with Gasteiger partial charge in [-0.25, -0.2) is 4.79 Å². The number of aromatic nitrogens is 1. The summed E-state index contributed by atoms with van der Waals surface area (Å²) < 4.78 is 6.60. The number of rotatable bonds is 4. The zero-order chi connectivity index (χ0) is 13.8. The van der Waals surface area contributed by atoms with Gasteiger partial charge in [0.15, 0.2) is 0 Å². The monoisotopic (exact) mass is 278 g/mol. The Labute approximate surface area is 114 Å². The second-order valence-corrected chi connectivity index (χ2v) is 4.15. The average Bonchev–Trinajstić information content (AvgIpc) is 2.74. The highest BCUT2D eigenvalue weighted by atomic mass is 35.5. The van der Waals surface area contributed by atoms with E-state index in [1.807, 2.05) is 6.07 Å². The van der Waals surface area contributed by atoms with Crippen molar-refractivity contribution in [3.63, 3.8) is 0 Å². The molecule has 0 saturated carbocycles. The lowest BCUT2D eigenvalue weighted by Gasteiger charge is -2.00. The van der Waals surface area contributed by atoms with Crippen LogP contribution in [0.1, 0.15) is 22.8 Å². The predicted molar refractivity (Wildman–Crippen MR) is 71.2 cm³/mol. The van der Waals surface area contributed by atoms with Crippen LogP contribution in [0.5, 0.6) is 0 Å². The fourth-order valence-electron chi connectivity index (χ4n) is 1.75. The summed E-state index contributed by atoms with van der Waals surface area (Å²) in [5.74, 6) is -0.451. The fourth-order valence-corrected chi connectivity index (χ4v) is 2.04. The molecular formula is C12H11ClN4O2. The molecule has 0 aromatic carbocycles. The van der Waals surface area contributed by atoms with E-state index in [2.05, 4.69) is 10.0 Å². The zero-order valence-electron chi connectivity index (χ0n) is 10.2. The van der Waals surface area contributed by atoms with Crippen LogP contribution in [0.2, 0.25) is 5.15 Å². The lowest BCUT2D eigenvalue weighted by Crippen LogP contribution is -2.03. The number of hydrogen-bond acceptors (Lipinski definition) is 3. The quantitative estimate of drug-likeness (QED) is 0.371. The van der Waals surface area contributed by atoms with Crippen LogP contribution in [0.15, 0.2) is 29.5 Å². The number of carbonyl (C=O) groups excluding carboxylic acids is 1. The smallest absolute Gasteiger partial charge is 0.341 e. The van der Waals surface area contributed by atoms with E-state index in [1.54, 1.807) is 29.7 Å². The van der Waals surface area contributed by atoms with Gasteiger partial charge < -0.3 is 9.14 Å². The van der Waals surface area contributed by atoms with Crippen LogP contribution in [0, 0.1) is 0 Å². The number of halogens is 1. The Hall–Kier alpha value is -2.17. The first kappa shape index (κ1) is 13.3. The SMILES string of the molecule is CCOC(=O)c1cc2cc(CN=[N+]=[N-])ccn2c1Cl. The van der Waals surface area contributed by atoms with E-state index in [-0.39, 0.29) is 6.54 Å². The third-order valence-electron chi connectivity index (χ3n) is 2.59. The van der Waals surface area contributed by atoms with E-state index in [0.717, 1.165) is 11.1 Å². The Balaban J connectivity index is 2.44. The number of azide groups is 1. The third-order valence-corrected chi connectivity index (χ3v) is 2.97. The molecule has 2 rings (SSSR count). The van der Waals surface area contributed by atoms with Gasteiger partial charge in [0.05, 0.1) is 18.7 Å². The molecule has 0 saturated heterocycles. The van der Waals surface area contributed by atoms with Crippen LogP contribution >= 0.6 is 11.6 Å². The molecule has 7 heteroatoms. The number of hydrogen-bond donors (Lipinski definition) is 0. The van der Waals surface area contributed by atoms with Crippen molar-refractivity contribution in [1.82, 2.24) is 4.40 Å². The van der Waals surface area contributed by atoms with Crippen LogP contribution in [0.4, 0.5) is 0 Å². The number of nitrogens with zero attached hydrogens (tertiary/aromatic N) is 4. The molecule has 2 heterocycles. The van der Waals surface area contributed by atoms with E-state index < -0.39 is 5.97 Å². The number of carbonyl (C=O) groups is 1. The standard InChI is InChI=1S/C12H11ClN4O2/c1-2-19-12(18)10-6-9-5-8(7-15-16-14)3-4-17(9)11(10)13/h3-6H,2,7H2,1H3. The van der Waals surface area contributed by atoms with Gasteiger partial charge in [-0.15, -0.1) is 0 Å². The minimum Gasteiger partial charge on any atom is -0.462 e. The molecule has 0 radical (unpaired) electrons. The molecule has 19 heavy (non-hydrogen) atoms. The van der Waals surface area contributed by atoms with Crippen LogP contribution < -0.4 is 0 Å². The summed E-state index contributed by atoms with van der Waals surface area (Å²) in [6.45, 7) is 2.29. The maximum atomic E-state index is 11.7. The van der Waals surface area contributed by atoms with Gasteiger partial charge in [-0.05, 0) is 36.2 Å². The Kier molecular flexibility index (Phi) is 3.94. The van der Waals surface area contributed by atoms with Crippen LogP contribution in [-0.4, -0.2) is 17.0 Å². The second-order valence-electron chi connectivity index (χ2n) is 3.79. The Morgan fingerprint density at radius 1 is 1.58 bits per heavy atom. The van der Waals surface area contributed by atoms with Gasteiger partial charge in [0, 0.05) is 16.6 Å². The maximum Gasteiger partial charge on any atom is 0.341 e. The average molecular weight is 279 g/mol. The lowest BCUT2D eigenvalue weighted by molar-refractivity contribution is 0.0527. The molecule has 0 aliphatic carbocycles. The molecule has 0 fully saturated rings. The molecular weight excluding hydrogens is 268 g/mol. The highest BCUT2D eigenvalue weighted by molar-refractivity contribution is 6.33. The topological polar surface area (TPSA) is 79.5 Å². The van der Waals surface area contributed by atoms with Gasteiger partial charge in [0.2, 0.25) is 0 Å². The minimum atomic E-state index is -0.451. The summed E-state index contributed by atoms with van der Waals surface area (Å²) in [5.41, 5.74) is 10.2. The normalized spacial score (nSPS) is 10.2. The van der Waals surface area contributed by atoms with Gasteiger partial charge >= 0.3 is 5.97 Å². The van der Waals surface area contributed by atoms with Crippen molar-refractivity contribution in [1.29, 1.82) is 0 Å². The van der Waals surface area contributed by atoms with Crippen LogP contribution in [0.25, 0.3) is 16.0 Å². The number of ether oxygens (including phenoxy) is 1. The number of esters is 1. The lowest BCUT2D eigenvalue weighted by atomic mass is 10.2. The van der Waals surface area contributed by atoms with Gasteiger partial charge in [-0.3, -0.25) is 0 Å². The summed E-state index contributed by atoms with van der Waals surface area (Å²) in [7, 11) is 0. The molecule has 0 unspecified atom stereocenters. The van der Waals surface area contributed by atoms with Crippen molar-refractivity contribution in [2.24, 2.45) is 5.11 Å². The van der Waals surface area contributed by atoms with Crippen molar-refractivity contribution >= 4 is 23.1 Å². The summed E-state index contributed by atoms with van der Waals surface area (Å²) in [6.07, 6.45) is 1.72. The Morgan fingerprint density at radius 3 is 3.05 bits per heavy atom. The molecule has 0 aliphatic heterocycles. The predicted octanol–water partition coefficient (Wildman–Crippen LogP) is 3.58. The van der Waals surface area contributed by atoms with Gasteiger partial charge in [-0.1, -0.05) is 16.7 Å². The maximum absolute atomic E-state index is 11.7. The highest BCUT2D eigenvalue weighted by Gasteiger charge is 2.16. The van der Waals surface area contributed by atoms with E-state index in [9.17, 15) is 4.79 Å². The first-order valence-electron chi connectivity index (χ1n) is 5.64. The van der Waals surface area contributed by atoms with E-state index >= 15 is 0 Å². The van der Waals surface area contributed by atoms with Crippen molar-refractivity contribution in [3.8, 4) is 0 Å². The zero-order valence-corrected chi connectivity index (χ0v) is 11.0. The van der Waals surface area contributed by atoms with E-state index in [1.165, 1.54) is 0 Å². The van der Waals surface area contributed by atoms with Crippen molar-refractivity contribution in [2.45, 2.75) is 13.5 Å². The van der Waals surface area contributed by atoms with Gasteiger partial charge in [0.25, 0.3) is 0 Å². The van der Waals surface area contributed by atoms with Crippen LogP contribution in [-0.2, 0) is 11.3 Å². The van der Waals surface area contributed by atoms with Crippen molar-refractivity contribution in [2.75, 3.05) is 6.61 Å². The third kappa shape index (κ3) is 2.65. The summed E-state index contributed by atoms with van der Waals surface area (Å²) in [4.78, 5) is 14.4. The number of pyridine rings is 1. The van der Waals surface area contributed by atoms with Gasteiger partial charge in [0.1, 0.15) is 5.15 Å². The molecule has 0 amide bonds. The molecule has 6 nitrogen and oxygen atoms in total.